The Labute approximate surface area is 94.1 Å². The Morgan fingerprint density at radius 1 is 1.67 bits per heavy atom. The highest BCUT2D eigenvalue weighted by atomic mass is 32.2. The molecule has 1 rings (SSSR count). The molecule has 0 radical (unpaired) electrons. The first kappa shape index (κ1) is 12.4. The van der Waals surface area contributed by atoms with Crippen molar-refractivity contribution in [2.45, 2.75) is 32.7 Å². The van der Waals surface area contributed by atoms with Crippen LogP contribution in [0.15, 0.2) is 0 Å². The number of carbonyl (C=O) groups excluding carboxylic acids is 2. The van der Waals surface area contributed by atoms with Crippen molar-refractivity contribution in [3.63, 3.8) is 0 Å². The largest absolute Gasteiger partial charge is 0.464 e. The van der Waals surface area contributed by atoms with Crippen LogP contribution < -0.4 is 5.32 Å². The lowest BCUT2D eigenvalue weighted by Crippen LogP contribution is -2.52. The first-order chi connectivity index (χ1) is 7.00. The van der Waals surface area contributed by atoms with E-state index < -0.39 is 5.54 Å². The molecule has 0 saturated carbocycles. The minimum atomic E-state index is -0.800. The summed E-state index contributed by atoms with van der Waals surface area (Å²) in [6, 6.07) is 0. The number of hydrogen-bond acceptors (Lipinski definition) is 4. The van der Waals surface area contributed by atoms with E-state index >= 15 is 0 Å². The highest BCUT2D eigenvalue weighted by molar-refractivity contribution is 8.14. The van der Waals surface area contributed by atoms with Gasteiger partial charge in [-0.25, -0.2) is 4.79 Å². The van der Waals surface area contributed by atoms with Crippen molar-refractivity contribution in [1.82, 2.24) is 5.32 Å². The van der Waals surface area contributed by atoms with E-state index in [9.17, 15) is 9.59 Å². The normalized spacial score (nSPS) is 25.5. The van der Waals surface area contributed by atoms with Gasteiger partial charge in [-0.15, -0.1) is 0 Å². The number of nitrogens with one attached hydrogen (secondary N) is 1. The Balaban J connectivity index is 2.77. The number of hydrogen-bond donors (Lipinski definition) is 1. The molecule has 1 saturated heterocycles. The number of ether oxygens (including phenoxy) is 1. The summed E-state index contributed by atoms with van der Waals surface area (Å²) in [5.74, 6) is 0.508. The zero-order valence-corrected chi connectivity index (χ0v) is 10.1. The zero-order valence-electron chi connectivity index (χ0n) is 9.33. The van der Waals surface area contributed by atoms with E-state index in [0.29, 0.717) is 24.7 Å². The molecule has 0 spiro atoms. The van der Waals surface area contributed by atoms with Crippen LogP contribution in [0.25, 0.3) is 0 Å². The third-order valence-corrected chi connectivity index (χ3v) is 3.22. The second kappa shape index (κ2) is 4.88. The fourth-order valence-corrected chi connectivity index (χ4v) is 2.68. The summed E-state index contributed by atoms with van der Waals surface area (Å²) in [6.45, 7) is 6.16. The Morgan fingerprint density at radius 3 is 2.73 bits per heavy atom. The van der Waals surface area contributed by atoms with Crippen LogP contribution in [0.4, 0.5) is 4.79 Å². The van der Waals surface area contributed by atoms with E-state index in [4.69, 9.17) is 4.74 Å². The van der Waals surface area contributed by atoms with Gasteiger partial charge in [-0.1, -0.05) is 25.6 Å². The van der Waals surface area contributed by atoms with Crippen molar-refractivity contribution in [3.8, 4) is 0 Å². The summed E-state index contributed by atoms with van der Waals surface area (Å²) in [5.41, 5.74) is -0.800. The minimum Gasteiger partial charge on any atom is -0.464 e. The summed E-state index contributed by atoms with van der Waals surface area (Å²) >= 11 is 1.15. The summed E-state index contributed by atoms with van der Waals surface area (Å²) in [4.78, 5) is 23.0. The van der Waals surface area contributed by atoms with Gasteiger partial charge in [0.1, 0.15) is 5.54 Å². The molecule has 1 aliphatic rings. The number of esters is 1. The minimum absolute atomic E-state index is 0.135. The van der Waals surface area contributed by atoms with E-state index in [1.807, 2.05) is 13.8 Å². The maximum atomic E-state index is 11.8. The van der Waals surface area contributed by atoms with Crippen LogP contribution in [0, 0.1) is 5.92 Å². The molecule has 4 nitrogen and oxygen atoms in total. The second-order valence-corrected chi connectivity index (χ2v) is 5.05. The zero-order chi connectivity index (χ0) is 11.5. The maximum Gasteiger partial charge on any atom is 0.332 e. The Hall–Kier alpha value is -0.710. The molecule has 1 amide bonds. The number of carbonyl (C=O) groups is 2. The Morgan fingerprint density at radius 2 is 2.33 bits per heavy atom. The maximum absolute atomic E-state index is 11.8. The topological polar surface area (TPSA) is 55.4 Å². The summed E-state index contributed by atoms with van der Waals surface area (Å²) in [6.07, 6.45) is 0.630. The van der Waals surface area contributed by atoms with E-state index in [1.54, 1.807) is 6.92 Å². The first-order valence-corrected chi connectivity index (χ1v) is 6.11. The average Bonchev–Trinajstić information content (AvgIpc) is 2.48. The highest BCUT2D eigenvalue weighted by Crippen LogP contribution is 2.30. The molecule has 0 bridgehead atoms. The molecule has 1 aliphatic heterocycles. The predicted octanol–water partition coefficient (Wildman–Crippen LogP) is 1.79. The van der Waals surface area contributed by atoms with Gasteiger partial charge in [0.25, 0.3) is 5.24 Å². The monoisotopic (exact) mass is 231 g/mol. The lowest BCUT2D eigenvalue weighted by Gasteiger charge is -2.27. The summed E-state index contributed by atoms with van der Waals surface area (Å²) in [5, 5.41) is 2.60. The van der Waals surface area contributed by atoms with Gasteiger partial charge < -0.3 is 10.1 Å². The molecule has 1 N–H and O–H groups in total. The van der Waals surface area contributed by atoms with Crippen LogP contribution in [0.2, 0.25) is 0 Å². The molecular weight excluding hydrogens is 214 g/mol. The first-order valence-electron chi connectivity index (χ1n) is 5.12. The molecule has 0 aromatic heterocycles. The fraction of sp³-hybridized carbons (Fsp3) is 0.800. The van der Waals surface area contributed by atoms with E-state index in [2.05, 4.69) is 5.32 Å². The number of rotatable bonds is 4. The molecule has 1 unspecified atom stereocenters. The van der Waals surface area contributed by atoms with Gasteiger partial charge in [-0.05, 0) is 19.3 Å². The molecule has 86 valence electrons. The summed E-state index contributed by atoms with van der Waals surface area (Å²) in [7, 11) is 0. The SMILES string of the molecule is CCOC(=O)C1(CC(C)C)CSC(=O)N1. The quantitative estimate of drug-likeness (QED) is 0.749. The molecule has 5 heteroatoms. The second-order valence-electron chi connectivity index (χ2n) is 4.10. The molecule has 15 heavy (non-hydrogen) atoms. The van der Waals surface area contributed by atoms with E-state index in [1.165, 1.54) is 0 Å². The third kappa shape index (κ3) is 2.87. The van der Waals surface area contributed by atoms with Crippen LogP contribution >= 0.6 is 11.8 Å². The molecule has 0 aromatic rings. The average molecular weight is 231 g/mol. The molecule has 0 aliphatic carbocycles. The van der Waals surface area contributed by atoms with Crippen molar-refractivity contribution in [2.75, 3.05) is 12.4 Å². The fourth-order valence-electron chi connectivity index (χ4n) is 1.73. The molecule has 0 aromatic carbocycles. The van der Waals surface area contributed by atoms with Crippen molar-refractivity contribution in [2.24, 2.45) is 5.92 Å². The van der Waals surface area contributed by atoms with Gasteiger partial charge in [0, 0.05) is 5.75 Å². The van der Waals surface area contributed by atoms with Gasteiger partial charge in [0.15, 0.2) is 0 Å². The van der Waals surface area contributed by atoms with Gasteiger partial charge >= 0.3 is 5.97 Å². The van der Waals surface area contributed by atoms with Crippen molar-refractivity contribution in [3.05, 3.63) is 0 Å². The van der Waals surface area contributed by atoms with Gasteiger partial charge in [-0.3, -0.25) is 4.79 Å². The van der Waals surface area contributed by atoms with Crippen molar-refractivity contribution in [1.29, 1.82) is 0 Å². The predicted molar refractivity (Wildman–Crippen MR) is 59.8 cm³/mol. The van der Waals surface area contributed by atoms with Crippen molar-refractivity contribution >= 4 is 23.0 Å². The Bertz CT molecular complexity index is 267. The molecule has 1 heterocycles. The van der Waals surface area contributed by atoms with Crippen LogP contribution in [0.3, 0.4) is 0 Å². The third-order valence-electron chi connectivity index (χ3n) is 2.21. The van der Waals surface area contributed by atoms with Crippen LogP contribution in [-0.2, 0) is 9.53 Å². The number of thioether (sulfide) groups is 1. The lowest BCUT2D eigenvalue weighted by molar-refractivity contribution is -0.150. The molecule has 1 fully saturated rings. The van der Waals surface area contributed by atoms with E-state index in [0.717, 1.165) is 11.8 Å². The van der Waals surface area contributed by atoms with Gasteiger partial charge in [0.05, 0.1) is 6.61 Å². The molecular formula is C10H17NO3S. The van der Waals surface area contributed by atoms with E-state index in [-0.39, 0.29) is 11.2 Å². The smallest absolute Gasteiger partial charge is 0.332 e. The van der Waals surface area contributed by atoms with Gasteiger partial charge in [0.2, 0.25) is 0 Å². The Kier molecular flexibility index (Phi) is 4.02. The van der Waals surface area contributed by atoms with Crippen molar-refractivity contribution < 1.29 is 14.3 Å². The van der Waals surface area contributed by atoms with Gasteiger partial charge in [-0.2, -0.15) is 0 Å². The number of amides is 1. The molecule has 1 atom stereocenters. The lowest BCUT2D eigenvalue weighted by atomic mass is 9.91. The standard InChI is InChI=1S/C10H17NO3S/c1-4-14-8(12)10(5-7(2)3)6-15-9(13)11-10/h7H,4-6H2,1-3H3,(H,11,13). The van der Waals surface area contributed by atoms with Crippen LogP contribution in [0.5, 0.6) is 0 Å². The van der Waals surface area contributed by atoms with Crippen LogP contribution in [-0.4, -0.2) is 29.1 Å². The highest BCUT2D eigenvalue weighted by Gasteiger charge is 2.46. The summed E-state index contributed by atoms with van der Waals surface area (Å²) < 4.78 is 5.01. The van der Waals surface area contributed by atoms with Crippen LogP contribution in [0.1, 0.15) is 27.2 Å².